The summed E-state index contributed by atoms with van der Waals surface area (Å²) in [4.78, 5) is 15.6. The van der Waals surface area contributed by atoms with Crippen molar-refractivity contribution in [3.8, 4) is 6.07 Å². The molecular weight excluding hydrogens is 399 g/mol. The fourth-order valence-corrected chi connectivity index (χ4v) is 4.92. The van der Waals surface area contributed by atoms with E-state index in [1.54, 1.807) is 12.1 Å². The van der Waals surface area contributed by atoms with E-state index in [1.165, 1.54) is 10.1 Å². The van der Waals surface area contributed by atoms with Gasteiger partial charge in [0, 0.05) is 18.7 Å². The second kappa shape index (κ2) is 7.06. The molecule has 0 radical (unpaired) electrons. The van der Waals surface area contributed by atoms with Crippen molar-refractivity contribution >= 4 is 17.1 Å². The molecule has 0 unspecified atom stereocenters. The van der Waals surface area contributed by atoms with Crippen LogP contribution in [0.25, 0.3) is 5.52 Å². The van der Waals surface area contributed by atoms with Crippen LogP contribution in [-0.4, -0.2) is 49.8 Å². The first-order valence-corrected chi connectivity index (χ1v) is 10.3. The number of nitrogens with zero attached hydrogens (tertiary/aromatic N) is 7. The maximum atomic E-state index is 14.6. The van der Waals surface area contributed by atoms with Crippen molar-refractivity contribution < 1.29 is 9.18 Å². The first kappa shape index (κ1) is 19.5. The second-order valence-corrected chi connectivity index (χ2v) is 8.32. The van der Waals surface area contributed by atoms with Gasteiger partial charge in [-0.25, -0.2) is 8.91 Å². The van der Waals surface area contributed by atoms with Crippen LogP contribution in [0.3, 0.4) is 0 Å². The molecular formula is C21H23FN8O. The zero-order valence-corrected chi connectivity index (χ0v) is 17.4. The molecule has 0 aromatic carbocycles. The lowest BCUT2D eigenvalue weighted by Gasteiger charge is -2.35. The topological polar surface area (TPSA) is 108 Å². The average Bonchev–Trinajstić information content (AvgIpc) is 3.31. The summed E-state index contributed by atoms with van der Waals surface area (Å²) in [5, 5.41) is 18.3. The van der Waals surface area contributed by atoms with Crippen LogP contribution in [0.2, 0.25) is 0 Å². The highest BCUT2D eigenvalue weighted by Gasteiger charge is 2.35. The quantitative estimate of drug-likeness (QED) is 0.686. The Morgan fingerprint density at radius 2 is 2.19 bits per heavy atom. The summed E-state index contributed by atoms with van der Waals surface area (Å²) in [5.41, 5.74) is 10.0. The van der Waals surface area contributed by atoms with Crippen molar-refractivity contribution in [3.63, 3.8) is 0 Å². The Labute approximate surface area is 178 Å². The molecule has 2 aliphatic rings. The molecule has 9 nitrogen and oxygen atoms in total. The number of halogens is 1. The molecule has 0 spiro atoms. The van der Waals surface area contributed by atoms with E-state index in [4.69, 9.17) is 10.8 Å². The molecule has 10 heteroatoms. The number of hydrogen-bond donors (Lipinski definition) is 1. The normalized spacial score (nSPS) is 21.0. The molecule has 0 aliphatic carbocycles. The van der Waals surface area contributed by atoms with Crippen molar-refractivity contribution in [1.82, 2.24) is 24.3 Å². The maximum absolute atomic E-state index is 14.6. The molecule has 1 amide bonds. The molecule has 31 heavy (non-hydrogen) atoms. The number of aromatic nitrogens is 4. The van der Waals surface area contributed by atoms with Gasteiger partial charge in [0.1, 0.15) is 17.3 Å². The van der Waals surface area contributed by atoms with E-state index >= 15 is 0 Å². The highest BCUT2D eigenvalue weighted by Crippen LogP contribution is 2.37. The Morgan fingerprint density at radius 1 is 1.39 bits per heavy atom. The Bertz CT molecular complexity index is 1240. The zero-order valence-electron chi connectivity index (χ0n) is 17.4. The van der Waals surface area contributed by atoms with Crippen molar-refractivity contribution in [2.24, 2.45) is 5.73 Å². The van der Waals surface area contributed by atoms with Gasteiger partial charge in [-0.2, -0.15) is 15.5 Å². The number of carbonyl (C=O) groups excluding carboxylic acids is 1. The number of hydrogen-bond acceptors (Lipinski definition) is 6. The van der Waals surface area contributed by atoms with Crippen molar-refractivity contribution in [2.45, 2.75) is 38.9 Å². The number of anilines is 1. The predicted molar refractivity (Wildman–Crippen MR) is 111 cm³/mol. The second-order valence-electron chi connectivity index (χ2n) is 8.32. The van der Waals surface area contributed by atoms with E-state index in [-0.39, 0.29) is 24.5 Å². The number of rotatable bonds is 3. The van der Waals surface area contributed by atoms with Crippen LogP contribution < -0.4 is 10.6 Å². The standard InChI is InChI=1S/C21H23FN8O/c1-12-9-28(17-4-3-14(7-23)30-21(17)16(22)8-25-30)10-18-15-5-6-27(11-19(24)31)13(2)20(15)26-29(12)18/h3-4,8,12-13H,5-6,9-11H2,1-2H3,(H2,24,31)/t12-,13-/m1/s1. The highest BCUT2D eigenvalue weighted by molar-refractivity contribution is 5.76. The minimum Gasteiger partial charge on any atom is -0.369 e. The van der Waals surface area contributed by atoms with Crippen LogP contribution in [-0.2, 0) is 17.8 Å². The van der Waals surface area contributed by atoms with Crippen molar-refractivity contribution in [3.05, 3.63) is 46.8 Å². The first-order chi connectivity index (χ1) is 14.9. The Morgan fingerprint density at radius 3 is 2.94 bits per heavy atom. The summed E-state index contributed by atoms with van der Waals surface area (Å²) in [5.74, 6) is -0.789. The molecule has 0 bridgehead atoms. The van der Waals surface area contributed by atoms with Crippen LogP contribution in [0, 0.1) is 17.1 Å². The number of pyridine rings is 1. The zero-order chi connectivity index (χ0) is 21.9. The number of nitriles is 1. The molecule has 2 atom stereocenters. The molecule has 5 rings (SSSR count). The number of amides is 1. The largest absolute Gasteiger partial charge is 0.369 e. The van der Waals surface area contributed by atoms with Gasteiger partial charge in [-0.15, -0.1) is 0 Å². The van der Waals surface area contributed by atoms with Crippen LogP contribution >= 0.6 is 0 Å². The third-order valence-electron chi connectivity index (χ3n) is 6.39. The Kier molecular flexibility index (Phi) is 4.44. The van der Waals surface area contributed by atoms with Gasteiger partial charge in [-0.05, 0) is 32.4 Å². The van der Waals surface area contributed by atoms with Crippen molar-refractivity contribution in [2.75, 3.05) is 24.5 Å². The minimum absolute atomic E-state index is 0.00360. The molecule has 2 aliphatic heterocycles. The number of carbonyl (C=O) groups is 1. The summed E-state index contributed by atoms with van der Waals surface area (Å²) < 4.78 is 18.0. The smallest absolute Gasteiger partial charge is 0.231 e. The van der Waals surface area contributed by atoms with Gasteiger partial charge >= 0.3 is 0 Å². The molecule has 3 aromatic rings. The highest BCUT2D eigenvalue weighted by atomic mass is 19.1. The molecule has 160 valence electrons. The molecule has 3 aromatic heterocycles. The molecule has 0 saturated carbocycles. The first-order valence-electron chi connectivity index (χ1n) is 10.3. The van der Waals surface area contributed by atoms with Crippen LogP contribution in [0.1, 0.15) is 48.6 Å². The lowest BCUT2D eigenvalue weighted by atomic mass is 9.97. The van der Waals surface area contributed by atoms with Gasteiger partial charge in [-0.3, -0.25) is 14.4 Å². The summed E-state index contributed by atoms with van der Waals surface area (Å²) in [7, 11) is 0. The van der Waals surface area contributed by atoms with Gasteiger partial charge in [0.2, 0.25) is 5.91 Å². The molecule has 0 fully saturated rings. The Balaban J connectivity index is 1.54. The van der Waals surface area contributed by atoms with Crippen molar-refractivity contribution in [1.29, 1.82) is 5.26 Å². The van der Waals surface area contributed by atoms with E-state index in [9.17, 15) is 14.4 Å². The predicted octanol–water partition coefficient (Wildman–Crippen LogP) is 1.53. The van der Waals surface area contributed by atoms with E-state index in [2.05, 4.69) is 32.6 Å². The van der Waals surface area contributed by atoms with E-state index in [0.717, 1.165) is 30.6 Å². The van der Waals surface area contributed by atoms with Crippen LogP contribution in [0.4, 0.5) is 10.1 Å². The fraction of sp³-hybridized carbons (Fsp3) is 0.429. The summed E-state index contributed by atoms with van der Waals surface area (Å²) >= 11 is 0. The third kappa shape index (κ3) is 2.96. The number of nitrogens with two attached hydrogens (primary N) is 1. The average molecular weight is 422 g/mol. The van der Waals surface area contributed by atoms with Crippen LogP contribution in [0.15, 0.2) is 18.3 Å². The van der Waals surface area contributed by atoms with Gasteiger partial charge in [0.25, 0.3) is 0 Å². The lowest BCUT2D eigenvalue weighted by molar-refractivity contribution is -0.119. The lowest BCUT2D eigenvalue weighted by Crippen LogP contribution is -2.40. The van der Waals surface area contributed by atoms with Gasteiger partial charge in [0.15, 0.2) is 5.82 Å². The minimum atomic E-state index is -0.448. The van der Waals surface area contributed by atoms with E-state index in [1.807, 2.05) is 6.92 Å². The maximum Gasteiger partial charge on any atom is 0.231 e. The van der Waals surface area contributed by atoms with E-state index < -0.39 is 5.82 Å². The summed E-state index contributed by atoms with van der Waals surface area (Å²) in [6, 6.07) is 5.60. The molecule has 5 heterocycles. The molecule has 2 N–H and O–H groups in total. The Hall–Kier alpha value is -3.45. The van der Waals surface area contributed by atoms with Gasteiger partial charge in [-0.1, -0.05) is 0 Å². The summed E-state index contributed by atoms with van der Waals surface area (Å²) in [6.45, 7) is 6.33. The monoisotopic (exact) mass is 422 g/mol. The van der Waals surface area contributed by atoms with Gasteiger partial charge < -0.3 is 10.6 Å². The molecule has 0 saturated heterocycles. The summed E-state index contributed by atoms with van der Waals surface area (Å²) in [6.07, 6.45) is 1.93. The third-order valence-corrected chi connectivity index (χ3v) is 6.39. The van der Waals surface area contributed by atoms with Gasteiger partial charge in [0.05, 0.1) is 48.4 Å². The van der Waals surface area contributed by atoms with Crippen LogP contribution in [0.5, 0.6) is 0 Å². The fourth-order valence-electron chi connectivity index (χ4n) is 4.92. The number of fused-ring (bicyclic) bond motifs is 4. The SMILES string of the molecule is C[C@@H]1c2nn3c(c2CCN1CC(N)=O)CN(c1ccc(C#N)n2ncc(F)c12)C[C@H]3C. The van der Waals surface area contributed by atoms with E-state index in [0.29, 0.717) is 30.0 Å². The number of primary amides is 1.